The molecular formula is C11H8F3N2O7S2-. The molecule has 0 saturated carbocycles. The number of alkyl halides is 3. The van der Waals surface area contributed by atoms with E-state index < -0.39 is 42.3 Å². The van der Waals surface area contributed by atoms with Crippen LogP contribution in [0.1, 0.15) is 0 Å². The van der Waals surface area contributed by atoms with E-state index in [1.54, 1.807) is 0 Å². The highest BCUT2D eigenvalue weighted by Crippen LogP contribution is 2.32. The Kier molecular flexibility index (Phi) is 5.93. The number of nitrogens with zero attached hydrogens (tertiary/aromatic N) is 1. The summed E-state index contributed by atoms with van der Waals surface area (Å²) < 4.78 is 83.2. The number of carbonyl (C=O) groups is 2. The summed E-state index contributed by atoms with van der Waals surface area (Å²) in [6.45, 7) is 0. The Morgan fingerprint density at radius 1 is 1.04 bits per heavy atom. The zero-order chi connectivity index (χ0) is 19.5. The summed E-state index contributed by atoms with van der Waals surface area (Å²) in [6.07, 6.45) is 1.20. The number of sulfonamides is 2. The lowest BCUT2D eigenvalue weighted by molar-refractivity contribution is -0.131. The van der Waals surface area contributed by atoms with Gasteiger partial charge in [0.15, 0.2) is 10.0 Å². The molecule has 138 valence electrons. The van der Waals surface area contributed by atoms with E-state index >= 15 is 0 Å². The molecule has 0 heterocycles. The molecular weight excluding hydrogens is 393 g/mol. The summed E-state index contributed by atoms with van der Waals surface area (Å²) in [5, 5.41) is 10.5. The summed E-state index contributed by atoms with van der Waals surface area (Å²) >= 11 is 0. The van der Waals surface area contributed by atoms with Crippen molar-refractivity contribution < 1.29 is 44.7 Å². The first kappa shape index (κ1) is 20.6. The minimum absolute atomic E-state index is 0.0299. The van der Waals surface area contributed by atoms with Crippen LogP contribution in [0.25, 0.3) is 4.13 Å². The van der Waals surface area contributed by atoms with Crippen LogP contribution in [0.5, 0.6) is 0 Å². The van der Waals surface area contributed by atoms with Crippen molar-refractivity contribution in [3.8, 4) is 0 Å². The lowest BCUT2D eigenvalue weighted by Gasteiger charge is -2.22. The largest absolute Gasteiger partial charge is 0.480 e. The smallest absolute Gasteiger partial charge is 0.478 e. The van der Waals surface area contributed by atoms with Crippen LogP contribution in [0.4, 0.5) is 18.9 Å². The number of carboxylic acids is 1. The lowest BCUT2D eigenvalue weighted by Crippen LogP contribution is -2.24. The fourth-order valence-corrected chi connectivity index (χ4v) is 3.45. The van der Waals surface area contributed by atoms with Gasteiger partial charge in [-0.3, -0.25) is 4.79 Å². The highest BCUT2D eigenvalue weighted by atomic mass is 32.3. The number of aliphatic carboxylic acids is 1. The maximum atomic E-state index is 12.2. The molecule has 9 nitrogen and oxygen atoms in total. The van der Waals surface area contributed by atoms with E-state index in [4.69, 9.17) is 5.11 Å². The Morgan fingerprint density at radius 3 is 2.00 bits per heavy atom. The van der Waals surface area contributed by atoms with E-state index in [0.717, 1.165) is 12.1 Å². The van der Waals surface area contributed by atoms with Crippen molar-refractivity contribution in [3.63, 3.8) is 0 Å². The van der Waals surface area contributed by atoms with Crippen molar-refractivity contribution in [2.75, 3.05) is 5.32 Å². The van der Waals surface area contributed by atoms with Crippen molar-refractivity contribution in [2.45, 2.75) is 10.4 Å². The van der Waals surface area contributed by atoms with E-state index in [1.165, 1.54) is 0 Å². The first-order valence-electron chi connectivity index (χ1n) is 5.87. The van der Waals surface area contributed by atoms with Gasteiger partial charge in [-0.2, -0.15) is 13.2 Å². The molecule has 1 rings (SSSR count). The van der Waals surface area contributed by atoms with E-state index in [1.807, 2.05) is 4.13 Å². The van der Waals surface area contributed by atoms with Gasteiger partial charge in [0.1, 0.15) is 10.0 Å². The van der Waals surface area contributed by atoms with Gasteiger partial charge < -0.3 is 14.6 Å². The normalized spacial score (nSPS) is 12.9. The van der Waals surface area contributed by atoms with Crippen molar-refractivity contribution >= 4 is 37.6 Å². The zero-order valence-corrected chi connectivity index (χ0v) is 13.4. The molecule has 14 heteroatoms. The molecule has 0 bridgehead atoms. The molecule has 0 spiro atoms. The quantitative estimate of drug-likeness (QED) is 0.680. The van der Waals surface area contributed by atoms with Gasteiger partial charge in [0.25, 0.3) is 0 Å². The van der Waals surface area contributed by atoms with Crippen LogP contribution >= 0.6 is 0 Å². The second-order valence-corrected chi connectivity index (χ2v) is 7.59. The number of anilines is 1. The molecule has 0 aliphatic rings. The topological polar surface area (TPSA) is 149 Å². The van der Waals surface area contributed by atoms with Gasteiger partial charge in [0, 0.05) is 22.7 Å². The number of amides is 1. The maximum absolute atomic E-state index is 12.2. The van der Waals surface area contributed by atoms with Crippen LogP contribution in [0, 0.1) is 0 Å². The molecule has 0 saturated heterocycles. The van der Waals surface area contributed by atoms with E-state index in [9.17, 15) is 39.6 Å². The van der Waals surface area contributed by atoms with E-state index in [2.05, 4.69) is 5.32 Å². The third-order valence-corrected chi connectivity index (χ3v) is 5.31. The summed E-state index contributed by atoms with van der Waals surface area (Å²) in [7, 11) is -11.4. The number of carboxylic acid groups (broad SMARTS) is 1. The summed E-state index contributed by atoms with van der Waals surface area (Å²) in [5.74, 6) is -2.26. The second-order valence-electron chi connectivity index (χ2n) is 4.16. The predicted octanol–water partition coefficient (Wildman–Crippen LogP) is 1.18. The lowest BCUT2D eigenvalue weighted by atomic mass is 10.3. The predicted molar refractivity (Wildman–Crippen MR) is 77.4 cm³/mol. The summed E-state index contributed by atoms with van der Waals surface area (Å²) in [5.41, 5.74) is -5.90. The molecule has 1 aromatic carbocycles. The molecule has 2 N–H and O–H groups in total. The number of halogens is 3. The number of nitrogens with one attached hydrogen (secondary N) is 1. The van der Waals surface area contributed by atoms with Gasteiger partial charge >= 0.3 is 11.5 Å². The highest BCUT2D eigenvalue weighted by molar-refractivity contribution is 8.12. The number of hydrogen-bond donors (Lipinski definition) is 2. The van der Waals surface area contributed by atoms with Crippen LogP contribution < -0.4 is 5.32 Å². The minimum Gasteiger partial charge on any atom is -0.478 e. The number of carbonyl (C=O) groups excluding carboxylic acids is 1. The minimum atomic E-state index is -6.25. The monoisotopic (exact) mass is 401 g/mol. The Balaban J connectivity index is 2.95. The molecule has 0 unspecified atom stereocenters. The Labute approximate surface area is 139 Å². The molecule has 0 atom stereocenters. The van der Waals surface area contributed by atoms with Gasteiger partial charge in [-0.1, -0.05) is 0 Å². The molecule has 0 aromatic heterocycles. The van der Waals surface area contributed by atoms with E-state index in [-0.39, 0.29) is 5.69 Å². The SMILES string of the molecule is O=C(O)/C=C/C(=O)Nc1ccc(S(=O)(=O)[N-]S(=O)(=O)C(F)(F)F)cc1. The first-order chi connectivity index (χ1) is 11.2. The van der Waals surface area contributed by atoms with Crippen LogP contribution in [0.3, 0.4) is 0 Å². The van der Waals surface area contributed by atoms with Gasteiger partial charge in [-0.15, -0.1) is 0 Å². The summed E-state index contributed by atoms with van der Waals surface area (Å²) in [6, 6.07) is 3.30. The van der Waals surface area contributed by atoms with Crippen molar-refractivity contribution in [2.24, 2.45) is 0 Å². The molecule has 0 radical (unpaired) electrons. The second kappa shape index (κ2) is 7.20. The summed E-state index contributed by atoms with van der Waals surface area (Å²) in [4.78, 5) is 20.7. The van der Waals surface area contributed by atoms with Crippen LogP contribution in [0.15, 0.2) is 41.3 Å². The maximum Gasteiger partial charge on any atom is 0.480 e. The van der Waals surface area contributed by atoms with Gasteiger partial charge in [0.05, 0.1) is 0 Å². The van der Waals surface area contributed by atoms with Crippen LogP contribution in [-0.4, -0.2) is 39.3 Å². The molecule has 0 aliphatic heterocycles. The standard InChI is InChI=1S/C11H8F3N2O7S2/c12-11(13,14)25(22,23)16-24(20,21)8-3-1-7(2-4-8)15-9(17)5-6-10(18)19/h1-6H,(H,15,17)(H,18,19)/q-1/b6-5+. The molecule has 0 fully saturated rings. The van der Waals surface area contributed by atoms with Crippen LogP contribution in [-0.2, 0) is 29.6 Å². The first-order valence-corrected chi connectivity index (χ1v) is 8.75. The number of rotatable bonds is 6. The fraction of sp³-hybridized carbons (Fsp3) is 0.0909. The molecule has 1 aromatic rings. The Hall–Kier alpha value is -2.45. The van der Waals surface area contributed by atoms with Gasteiger partial charge in [0.2, 0.25) is 5.91 Å². The molecule has 0 aliphatic carbocycles. The average Bonchev–Trinajstić information content (AvgIpc) is 2.43. The van der Waals surface area contributed by atoms with E-state index in [0.29, 0.717) is 24.3 Å². The van der Waals surface area contributed by atoms with Gasteiger partial charge in [-0.25, -0.2) is 21.6 Å². The number of hydrogen-bond acceptors (Lipinski definition) is 6. The Morgan fingerprint density at radius 2 is 1.56 bits per heavy atom. The number of benzene rings is 1. The third-order valence-electron chi connectivity index (χ3n) is 2.29. The highest BCUT2D eigenvalue weighted by Gasteiger charge is 2.40. The molecule has 1 amide bonds. The van der Waals surface area contributed by atoms with Crippen molar-refractivity contribution in [1.82, 2.24) is 0 Å². The van der Waals surface area contributed by atoms with Crippen molar-refractivity contribution in [1.29, 1.82) is 0 Å². The van der Waals surface area contributed by atoms with Gasteiger partial charge in [-0.05, 0) is 24.3 Å². The van der Waals surface area contributed by atoms with Crippen LogP contribution in [0.2, 0.25) is 0 Å². The molecule has 25 heavy (non-hydrogen) atoms. The fourth-order valence-electron chi connectivity index (χ4n) is 1.26. The average molecular weight is 401 g/mol. The van der Waals surface area contributed by atoms with Crippen molar-refractivity contribution in [3.05, 3.63) is 40.5 Å². The third kappa shape index (κ3) is 5.84. The Bertz CT molecular complexity index is 904. The zero-order valence-electron chi connectivity index (χ0n) is 11.8.